The van der Waals surface area contributed by atoms with E-state index in [1.807, 2.05) is 20.8 Å². The molecule has 19 heavy (non-hydrogen) atoms. The van der Waals surface area contributed by atoms with Crippen LogP contribution in [-0.4, -0.2) is 15.8 Å². The fraction of sp³-hybridized carbons (Fsp3) is 0.538. The van der Waals surface area contributed by atoms with Gasteiger partial charge in [0.1, 0.15) is 10.7 Å². The van der Waals surface area contributed by atoms with Crippen LogP contribution in [0.15, 0.2) is 4.79 Å². The number of hydrogen-bond donors (Lipinski definition) is 1. The van der Waals surface area contributed by atoms with Gasteiger partial charge in [-0.1, -0.05) is 13.8 Å². The lowest BCUT2D eigenvalue weighted by Gasteiger charge is -2.19. The molecular weight excluding hydrogens is 262 g/mol. The number of nitrogen functional groups attached to an aromatic ring is 1. The Morgan fingerprint density at radius 1 is 1.53 bits per heavy atom. The van der Waals surface area contributed by atoms with Crippen LogP contribution in [0, 0.1) is 0 Å². The van der Waals surface area contributed by atoms with Gasteiger partial charge in [-0.25, -0.2) is 9.66 Å². The van der Waals surface area contributed by atoms with E-state index in [9.17, 15) is 4.79 Å². The predicted octanol–water partition coefficient (Wildman–Crippen LogP) is 1.76. The van der Waals surface area contributed by atoms with Crippen molar-refractivity contribution in [2.24, 2.45) is 0 Å². The van der Waals surface area contributed by atoms with Crippen molar-refractivity contribution in [1.29, 1.82) is 0 Å². The molecule has 1 aliphatic heterocycles. The van der Waals surface area contributed by atoms with Crippen molar-refractivity contribution in [1.82, 2.24) is 9.66 Å². The van der Waals surface area contributed by atoms with Gasteiger partial charge in [-0.3, -0.25) is 4.79 Å². The highest BCUT2D eigenvalue weighted by atomic mass is 32.1. The van der Waals surface area contributed by atoms with Crippen LogP contribution in [0.5, 0.6) is 0 Å². The first-order valence-corrected chi connectivity index (χ1v) is 7.24. The van der Waals surface area contributed by atoms with E-state index in [4.69, 9.17) is 10.6 Å². The van der Waals surface area contributed by atoms with Gasteiger partial charge < -0.3 is 10.6 Å². The van der Waals surface area contributed by atoms with Crippen LogP contribution >= 0.6 is 11.3 Å². The number of nitrogens with two attached hydrogens (primary N) is 1. The average molecular weight is 279 g/mol. The molecule has 1 atom stereocenters. The molecule has 0 aromatic carbocycles. The zero-order valence-electron chi connectivity index (χ0n) is 11.3. The number of aromatic nitrogens is 2. The van der Waals surface area contributed by atoms with E-state index in [1.165, 1.54) is 4.68 Å². The predicted molar refractivity (Wildman–Crippen MR) is 76.1 cm³/mol. The van der Waals surface area contributed by atoms with Gasteiger partial charge in [0.25, 0.3) is 5.56 Å². The monoisotopic (exact) mass is 279 g/mol. The third kappa shape index (κ3) is 1.86. The highest BCUT2D eigenvalue weighted by molar-refractivity contribution is 7.18. The van der Waals surface area contributed by atoms with Crippen LogP contribution in [0.2, 0.25) is 0 Å². The third-order valence-corrected chi connectivity index (χ3v) is 4.57. The normalized spacial score (nSPS) is 19.1. The van der Waals surface area contributed by atoms with Crippen molar-refractivity contribution in [3.8, 4) is 0 Å². The molecule has 5 nitrogen and oxygen atoms in total. The van der Waals surface area contributed by atoms with E-state index in [1.54, 1.807) is 11.3 Å². The van der Waals surface area contributed by atoms with Crippen LogP contribution in [0.3, 0.4) is 0 Å². The van der Waals surface area contributed by atoms with Gasteiger partial charge in [-0.2, -0.15) is 0 Å². The van der Waals surface area contributed by atoms with Gasteiger partial charge in [0.15, 0.2) is 0 Å². The minimum absolute atomic E-state index is 0.122. The molecule has 2 aromatic rings. The van der Waals surface area contributed by atoms with Crippen LogP contribution in [0.25, 0.3) is 10.2 Å². The largest absolute Gasteiger partial charge is 0.373 e. The van der Waals surface area contributed by atoms with E-state index in [0.29, 0.717) is 17.8 Å². The molecule has 2 N–H and O–H groups in total. The van der Waals surface area contributed by atoms with Crippen LogP contribution in [-0.2, 0) is 17.8 Å². The van der Waals surface area contributed by atoms with E-state index < -0.39 is 0 Å². The Labute approximate surface area is 115 Å². The maximum absolute atomic E-state index is 12.5. The smallest absolute Gasteiger partial charge is 0.280 e. The summed E-state index contributed by atoms with van der Waals surface area (Å²) >= 11 is 1.55. The van der Waals surface area contributed by atoms with Crippen molar-refractivity contribution < 1.29 is 4.74 Å². The highest BCUT2D eigenvalue weighted by Gasteiger charge is 2.25. The van der Waals surface area contributed by atoms with Gasteiger partial charge in [0.05, 0.1) is 18.1 Å². The molecule has 1 aliphatic rings. The van der Waals surface area contributed by atoms with Gasteiger partial charge in [-0.15, -0.1) is 11.3 Å². The summed E-state index contributed by atoms with van der Waals surface area (Å²) in [4.78, 5) is 18.9. The molecule has 0 unspecified atom stereocenters. The Bertz CT molecular complexity index is 702. The Hall–Kier alpha value is -1.40. The van der Waals surface area contributed by atoms with Gasteiger partial charge in [0.2, 0.25) is 0 Å². The molecule has 0 fully saturated rings. The number of rotatable bonds is 1. The Morgan fingerprint density at radius 3 is 2.95 bits per heavy atom. The number of ether oxygens (including phenoxy) is 1. The van der Waals surface area contributed by atoms with Gasteiger partial charge in [-0.05, 0) is 12.5 Å². The Balaban J connectivity index is 2.33. The molecule has 0 amide bonds. The minimum Gasteiger partial charge on any atom is -0.373 e. The summed E-state index contributed by atoms with van der Waals surface area (Å²) in [6, 6.07) is 0. The zero-order valence-corrected chi connectivity index (χ0v) is 12.1. The van der Waals surface area contributed by atoms with E-state index in [-0.39, 0.29) is 17.6 Å². The molecule has 0 bridgehead atoms. The fourth-order valence-corrected chi connectivity index (χ4v) is 3.60. The molecule has 2 aromatic heterocycles. The maximum Gasteiger partial charge on any atom is 0.280 e. The second-order valence-corrected chi connectivity index (χ2v) is 6.39. The number of thiophene rings is 1. The average Bonchev–Trinajstić information content (AvgIpc) is 2.71. The lowest BCUT2D eigenvalue weighted by molar-refractivity contribution is 0.0437. The molecule has 3 heterocycles. The molecular formula is C13H17N3O2S. The summed E-state index contributed by atoms with van der Waals surface area (Å²) in [5.74, 6) is 6.64. The van der Waals surface area contributed by atoms with Crippen molar-refractivity contribution in [3.05, 3.63) is 26.6 Å². The Kier molecular flexibility index (Phi) is 2.87. The minimum atomic E-state index is -0.139. The van der Waals surface area contributed by atoms with E-state index >= 15 is 0 Å². The molecule has 0 saturated carbocycles. The quantitative estimate of drug-likeness (QED) is 0.807. The van der Waals surface area contributed by atoms with Crippen molar-refractivity contribution in [2.45, 2.75) is 45.8 Å². The first-order chi connectivity index (χ1) is 8.99. The zero-order chi connectivity index (χ0) is 13.7. The highest BCUT2D eigenvalue weighted by Crippen LogP contribution is 2.33. The topological polar surface area (TPSA) is 70.1 Å². The van der Waals surface area contributed by atoms with Crippen LogP contribution < -0.4 is 11.4 Å². The number of hydrogen-bond acceptors (Lipinski definition) is 5. The summed E-state index contributed by atoms with van der Waals surface area (Å²) in [5, 5.41) is 0.682. The first kappa shape index (κ1) is 12.6. The van der Waals surface area contributed by atoms with Crippen molar-refractivity contribution in [2.75, 3.05) is 5.84 Å². The van der Waals surface area contributed by atoms with Crippen LogP contribution in [0.1, 0.15) is 43.0 Å². The fourth-order valence-electron chi connectivity index (χ4n) is 2.48. The lowest BCUT2D eigenvalue weighted by atomic mass is 10.0. The second kappa shape index (κ2) is 4.31. The summed E-state index contributed by atoms with van der Waals surface area (Å²) in [6.07, 6.45) is 0.897. The SMILES string of the molecule is CC(C)c1nc2sc3c(c2c(=O)n1N)C[C@H](C)OC3. The summed E-state index contributed by atoms with van der Waals surface area (Å²) in [7, 11) is 0. The standard InChI is InChI=1S/C13H17N3O2S/c1-6(2)11-15-12-10(13(17)16(11)14)8-4-7(3)18-5-9(8)19-12/h6-7H,4-5,14H2,1-3H3/t7-/m0/s1. The maximum atomic E-state index is 12.5. The number of fused-ring (bicyclic) bond motifs is 3. The lowest BCUT2D eigenvalue weighted by Crippen LogP contribution is -2.32. The van der Waals surface area contributed by atoms with Crippen LogP contribution in [0.4, 0.5) is 0 Å². The Morgan fingerprint density at radius 2 is 2.26 bits per heavy atom. The molecule has 0 aliphatic carbocycles. The molecule has 0 spiro atoms. The molecule has 0 radical (unpaired) electrons. The van der Waals surface area contributed by atoms with Crippen molar-refractivity contribution >= 4 is 21.6 Å². The summed E-state index contributed by atoms with van der Waals surface area (Å²) in [5.41, 5.74) is 0.936. The molecule has 0 saturated heterocycles. The third-order valence-electron chi connectivity index (χ3n) is 3.47. The second-order valence-electron chi connectivity index (χ2n) is 5.31. The van der Waals surface area contributed by atoms with E-state index in [2.05, 4.69) is 4.98 Å². The van der Waals surface area contributed by atoms with E-state index in [0.717, 1.165) is 21.7 Å². The number of nitrogens with zero attached hydrogens (tertiary/aromatic N) is 2. The van der Waals surface area contributed by atoms with Crippen molar-refractivity contribution in [3.63, 3.8) is 0 Å². The van der Waals surface area contributed by atoms with Gasteiger partial charge >= 0.3 is 0 Å². The molecule has 102 valence electrons. The molecule has 3 rings (SSSR count). The summed E-state index contributed by atoms with van der Waals surface area (Å²) in [6.45, 7) is 6.55. The summed E-state index contributed by atoms with van der Waals surface area (Å²) < 4.78 is 6.82. The molecule has 6 heteroatoms. The van der Waals surface area contributed by atoms with Gasteiger partial charge in [0, 0.05) is 17.2 Å². The first-order valence-electron chi connectivity index (χ1n) is 6.43.